The van der Waals surface area contributed by atoms with Crippen LogP contribution in [0.25, 0.3) is 0 Å². The number of hydrogen-bond acceptors (Lipinski definition) is 3. The standard InChI is InChI=1S/C13H14O5/c1-2-3-4-5-18-11-7-9(12(14)15)6-10(8-11)13(16)17/h2,6-8H,1,3-5H2,(H,14,15)(H,16,17). The zero-order chi connectivity index (χ0) is 13.5. The summed E-state index contributed by atoms with van der Waals surface area (Å²) in [7, 11) is 0. The van der Waals surface area contributed by atoms with E-state index >= 15 is 0 Å². The molecule has 0 aromatic heterocycles. The molecule has 1 aromatic carbocycles. The summed E-state index contributed by atoms with van der Waals surface area (Å²) >= 11 is 0. The maximum absolute atomic E-state index is 10.8. The zero-order valence-corrected chi connectivity index (χ0v) is 9.76. The molecule has 0 saturated carbocycles. The van der Waals surface area contributed by atoms with Gasteiger partial charge < -0.3 is 14.9 Å². The van der Waals surface area contributed by atoms with E-state index in [9.17, 15) is 9.59 Å². The van der Waals surface area contributed by atoms with Crippen molar-refractivity contribution in [2.24, 2.45) is 0 Å². The molecule has 18 heavy (non-hydrogen) atoms. The summed E-state index contributed by atoms with van der Waals surface area (Å²) in [6.45, 7) is 3.95. The highest BCUT2D eigenvalue weighted by Gasteiger charge is 2.11. The number of allylic oxidation sites excluding steroid dienone is 1. The molecule has 0 fully saturated rings. The molecule has 96 valence electrons. The van der Waals surface area contributed by atoms with E-state index in [1.54, 1.807) is 6.08 Å². The van der Waals surface area contributed by atoms with E-state index in [0.717, 1.165) is 18.9 Å². The van der Waals surface area contributed by atoms with Crippen molar-refractivity contribution in [1.82, 2.24) is 0 Å². The number of benzene rings is 1. The third-order valence-corrected chi connectivity index (χ3v) is 2.22. The van der Waals surface area contributed by atoms with Crippen LogP contribution < -0.4 is 4.74 Å². The van der Waals surface area contributed by atoms with Gasteiger partial charge in [-0.25, -0.2) is 9.59 Å². The molecule has 0 spiro atoms. The fraction of sp³-hybridized carbons (Fsp3) is 0.231. The lowest BCUT2D eigenvalue weighted by molar-refractivity contribution is 0.0696. The number of hydrogen-bond donors (Lipinski definition) is 2. The lowest BCUT2D eigenvalue weighted by atomic mass is 10.1. The summed E-state index contributed by atoms with van der Waals surface area (Å²) < 4.78 is 5.32. The first kappa shape index (κ1) is 13.8. The molecule has 2 N–H and O–H groups in total. The van der Waals surface area contributed by atoms with Gasteiger partial charge in [-0.3, -0.25) is 0 Å². The molecule has 0 atom stereocenters. The first-order valence-electron chi connectivity index (χ1n) is 5.40. The van der Waals surface area contributed by atoms with E-state index in [1.807, 2.05) is 0 Å². The van der Waals surface area contributed by atoms with Crippen molar-refractivity contribution in [3.8, 4) is 5.75 Å². The van der Waals surface area contributed by atoms with Gasteiger partial charge in [0.2, 0.25) is 0 Å². The molecule has 0 saturated heterocycles. The SMILES string of the molecule is C=CCCCOc1cc(C(=O)O)cc(C(=O)O)c1. The van der Waals surface area contributed by atoms with Crippen LogP contribution in [0.2, 0.25) is 0 Å². The Bertz CT molecular complexity index is 432. The van der Waals surface area contributed by atoms with E-state index in [4.69, 9.17) is 14.9 Å². The van der Waals surface area contributed by atoms with E-state index in [0.29, 0.717) is 6.61 Å². The Kier molecular flexibility index (Phi) is 4.92. The van der Waals surface area contributed by atoms with Crippen molar-refractivity contribution in [3.05, 3.63) is 42.0 Å². The van der Waals surface area contributed by atoms with Crippen molar-refractivity contribution < 1.29 is 24.5 Å². The predicted octanol–water partition coefficient (Wildman–Crippen LogP) is 2.43. The van der Waals surface area contributed by atoms with Gasteiger partial charge in [0.1, 0.15) is 5.75 Å². The highest BCUT2D eigenvalue weighted by atomic mass is 16.5. The second kappa shape index (κ2) is 6.44. The summed E-state index contributed by atoms with van der Waals surface area (Å²) in [4.78, 5) is 21.7. The van der Waals surface area contributed by atoms with Gasteiger partial charge in [0.05, 0.1) is 17.7 Å². The molecule has 0 radical (unpaired) electrons. The van der Waals surface area contributed by atoms with Crippen LogP contribution in [0.3, 0.4) is 0 Å². The molecule has 0 bridgehead atoms. The molecule has 5 nitrogen and oxygen atoms in total. The molecule has 0 aliphatic carbocycles. The van der Waals surface area contributed by atoms with Crippen LogP contribution in [0.4, 0.5) is 0 Å². The van der Waals surface area contributed by atoms with Crippen molar-refractivity contribution in [1.29, 1.82) is 0 Å². The summed E-state index contributed by atoms with van der Waals surface area (Å²) in [6, 6.07) is 3.71. The average Bonchev–Trinajstić information content (AvgIpc) is 2.34. The first-order chi connectivity index (χ1) is 8.54. The number of aromatic carboxylic acids is 2. The van der Waals surface area contributed by atoms with Gasteiger partial charge >= 0.3 is 11.9 Å². The van der Waals surface area contributed by atoms with E-state index < -0.39 is 11.9 Å². The molecule has 0 aliphatic rings. The van der Waals surface area contributed by atoms with Crippen LogP contribution >= 0.6 is 0 Å². The van der Waals surface area contributed by atoms with Crippen LogP contribution in [0.1, 0.15) is 33.6 Å². The second-order valence-electron chi connectivity index (χ2n) is 3.64. The minimum Gasteiger partial charge on any atom is -0.494 e. The third kappa shape index (κ3) is 3.93. The molecule has 5 heteroatoms. The lowest BCUT2D eigenvalue weighted by Gasteiger charge is -2.07. The molecule has 0 heterocycles. The van der Waals surface area contributed by atoms with Gasteiger partial charge in [0, 0.05) is 0 Å². The topological polar surface area (TPSA) is 83.8 Å². The van der Waals surface area contributed by atoms with Gasteiger partial charge in [-0.2, -0.15) is 0 Å². The largest absolute Gasteiger partial charge is 0.494 e. The highest BCUT2D eigenvalue weighted by Crippen LogP contribution is 2.18. The van der Waals surface area contributed by atoms with E-state index in [1.165, 1.54) is 12.1 Å². The predicted molar refractivity (Wildman–Crippen MR) is 65.3 cm³/mol. The van der Waals surface area contributed by atoms with Gasteiger partial charge in [-0.1, -0.05) is 6.08 Å². The first-order valence-corrected chi connectivity index (χ1v) is 5.40. The molecule has 1 aromatic rings. The minimum absolute atomic E-state index is 0.103. The van der Waals surface area contributed by atoms with Crippen LogP contribution in [0, 0.1) is 0 Å². The average molecular weight is 250 g/mol. The van der Waals surface area contributed by atoms with Crippen LogP contribution in [-0.4, -0.2) is 28.8 Å². The molecular weight excluding hydrogens is 236 g/mol. The van der Waals surface area contributed by atoms with Gasteiger partial charge in [0.25, 0.3) is 0 Å². The van der Waals surface area contributed by atoms with Crippen molar-refractivity contribution >= 4 is 11.9 Å². The third-order valence-electron chi connectivity index (χ3n) is 2.22. The van der Waals surface area contributed by atoms with Gasteiger partial charge in [-0.15, -0.1) is 6.58 Å². The zero-order valence-electron chi connectivity index (χ0n) is 9.76. The molecular formula is C13H14O5. The number of rotatable bonds is 7. The summed E-state index contributed by atoms with van der Waals surface area (Å²) in [6.07, 6.45) is 3.27. The fourth-order valence-corrected chi connectivity index (χ4v) is 1.35. The number of carboxylic acid groups (broad SMARTS) is 2. The summed E-state index contributed by atoms with van der Waals surface area (Å²) in [5.41, 5.74) is -0.206. The summed E-state index contributed by atoms with van der Waals surface area (Å²) in [5, 5.41) is 17.7. The van der Waals surface area contributed by atoms with Crippen LogP contribution in [-0.2, 0) is 0 Å². The fourth-order valence-electron chi connectivity index (χ4n) is 1.35. The van der Waals surface area contributed by atoms with Gasteiger partial charge in [0.15, 0.2) is 0 Å². The second-order valence-corrected chi connectivity index (χ2v) is 3.64. The molecule has 0 amide bonds. The maximum atomic E-state index is 10.8. The van der Waals surface area contributed by atoms with Crippen LogP contribution in [0.15, 0.2) is 30.9 Å². The number of ether oxygens (including phenoxy) is 1. The highest BCUT2D eigenvalue weighted by molar-refractivity contribution is 5.94. The maximum Gasteiger partial charge on any atom is 0.335 e. The Morgan fingerprint density at radius 1 is 1.17 bits per heavy atom. The smallest absolute Gasteiger partial charge is 0.335 e. The Balaban J connectivity index is 2.86. The Morgan fingerprint density at radius 3 is 2.17 bits per heavy atom. The lowest BCUT2D eigenvalue weighted by Crippen LogP contribution is -2.05. The molecule has 0 unspecified atom stereocenters. The number of carboxylic acids is 2. The Labute approximate surface area is 104 Å². The van der Waals surface area contributed by atoms with Crippen molar-refractivity contribution in [3.63, 3.8) is 0 Å². The van der Waals surface area contributed by atoms with Crippen LogP contribution in [0.5, 0.6) is 5.75 Å². The number of carbonyl (C=O) groups is 2. The monoisotopic (exact) mass is 250 g/mol. The molecule has 0 aliphatic heterocycles. The number of unbranched alkanes of at least 4 members (excludes halogenated alkanes) is 1. The Morgan fingerprint density at radius 2 is 1.72 bits per heavy atom. The summed E-state index contributed by atoms with van der Waals surface area (Å²) in [5.74, 6) is -2.13. The quantitative estimate of drug-likeness (QED) is 0.573. The molecule has 1 rings (SSSR count). The Hall–Kier alpha value is -2.30. The van der Waals surface area contributed by atoms with E-state index in [-0.39, 0.29) is 16.9 Å². The van der Waals surface area contributed by atoms with Gasteiger partial charge in [-0.05, 0) is 31.0 Å². The minimum atomic E-state index is -1.19. The van der Waals surface area contributed by atoms with Crippen molar-refractivity contribution in [2.75, 3.05) is 6.61 Å². The van der Waals surface area contributed by atoms with Crippen molar-refractivity contribution in [2.45, 2.75) is 12.8 Å². The normalized spacial score (nSPS) is 9.78. The van der Waals surface area contributed by atoms with E-state index in [2.05, 4.69) is 6.58 Å².